The highest BCUT2D eigenvalue weighted by molar-refractivity contribution is 5.90. The largest absolute Gasteiger partial charge is 0.491 e. The van der Waals surface area contributed by atoms with E-state index in [2.05, 4.69) is 15.3 Å². The van der Waals surface area contributed by atoms with Crippen LogP contribution in [0.2, 0.25) is 0 Å². The molecule has 8 nitrogen and oxygen atoms in total. The molecule has 0 fully saturated rings. The quantitative estimate of drug-likeness (QED) is 0.310. The van der Waals surface area contributed by atoms with Gasteiger partial charge >= 0.3 is 5.97 Å². The number of hydrogen-bond acceptors (Lipinski definition) is 5. The lowest BCUT2D eigenvalue weighted by molar-refractivity contribution is 0.0697. The summed E-state index contributed by atoms with van der Waals surface area (Å²) in [5.41, 5.74) is 5.39. The summed E-state index contributed by atoms with van der Waals surface area (Å²) in [6.07, 6.45) is 0. The number of rotatable bonds is 7. The lowest BCUT2D eigenvalue weighted by atomic mass is 10.0. The van der Waals surface area contributed by atoms with Crippen LogP contribution < -0.4 is 10.3 Å². The molecule has 8 heteroatoms. The van der Waals surface area contributed by atoms with Crippen LogP contribution in [-0.4, -0.2) is 27.5 Å². The molecule has 0 saturated carbocycles. The van der Waals surface area contributed by atoms with Crippen LogP contribution in [-0.2, 0) is 0 Å². The molecule has 4 rings (SSSR count). The molecule has 0 radical (unpaired) electrons. The van der Waals surface area contributed by atoms with Gasteiger partial charge in [-0.05, 0) is 74.7 Å². The van der Waals surface area contributed by atoms with Gasteiger partial charge in [0.2, 0.25) is 0 Å². The van der Waals surface area contributed by atoms with Crippen LogP contribution in [0.1, 0.15) is 34.1 Å². The highest BCUT2D eigenvalue weighted by Gasteiger charge is 2.16. The Labute approximate surface area is 202 Å². The second-order valence-corrected chi connectivity index (χ2v) is 8.17. The molecule has 0 bridgehead atoms. The van der Waals surface area contributed by atoms with Crippen molar-refractivity contribution in [1.29, 1.82) is 0 Å². The zero-order valence-electron chi connectivity index (χ0n) is 20.0. The van der Waals surface area contributed by atoms with Gasteiger partial charge in [0.15, 0.2) is 11.4 Å². The molecular formula is C27H26N4O4. The Hall–Kier alpha value is -4.46. The van der Waals surface area contributed by atoms with Crippen LogP contribution >= 0.6 is 0 Å². The molecule has 0 aliphatic rings. The zero-order valence-corrected chi connectivity index (χ0v) is 20.0. The molecule has 1 heterocycles. The van der Waals surface area contributed by atoms with E-state index in [1.54, 1.807) is 31.2 Å². The van der Waals surface area contributed by atoms with Crippen LogP contribution in [0.3, 0.4) is 0 Å². The van der Waals surface area contributed by atoms with Gasteiger partial charge in [0.1, 0.15) is 5.69 Å². The Morgan fingerprint density at radius 1 is 1.00 bits per heavy atom. The van der Waals surface area contributed by atoms with Crippen molar-refractivity contribution in [3.05, 3.63) is 93.4 Å². The second kappa shape index (κ2) is 9.80. The summed E-state index contributed by atoms with van der Waals surface area (Å²) in [6.45, 7) is 8.01. The highest BCUT2D eigenvalue weighted by atomic mass is 16.5. The molecule has 35 heavy (non-hydrogen) atoms. The van der Waals surface area contributed by atoms with Crippen molar-refractivity contribution in [1.82, 2.24) is 9.78 Å². The van der Waals surface area contributed by atoms with E-state index >= 15 is 0 Å². The standard InChI is InChI=1S/C27H26N4O4/c1-5-35-25-22(19-8-6-9-20(15-19)27(33)34)10-7-11-23(25)28-29-24-18(4)30-31(26(24)32)21-13-12-16(2)17(3)14-21/h6-15,30H,5H2,1-4H3,(H,33,34). The topological polar surface area (TPSA) is 109 Å². The third-order valence-corrected chi connectivity index (χ3v) is 5.75. The predicted octanol–water partition coefficient (Wildman–Crippen LogP) is 6.27. The maximum Gasteiger partial charge on any atom is 0.335 e. The van der Waals surface area contributed by atoms with E-state index in [0.717, 1.165) is 16.8 Å². The van der Waals surface area contributed by atoms with Gasteiger partial charge in [0.05, 0.1) is 23.6 Å². The van der Waals surface area contributed by atoms with Crippen molar-refractivity contribution >= 4 is 17.3 Å². The van der Waals surface area contributed by atoms with E-state index in [0.29, 0.717) is 34.9 Å². The summed E-state index contributed by atoms with van der Waals surface area (Å²) in [5.74, 6) is -0.549. The van der Waals surface area contributed by atoms with E-state index in [1.165, 1.54) is 10.7 Å². The third-order valence-electron chi connectivity index (χ3n) is 5.75. The lowest BCUT2D eigenvalue weighted by Gasteiger charge is -2.13. The van der Waals surface area contributed by atoms with E-state index in [4.69, 9.17) is 4.74 Å². The summed E-state index contributed by atoms with van der Waals surface area (Å²) in [4.78, 5) is 24.5. The number of aromatic carboxylic acids is 1. The number of carboxylic acid groups (broad SMARTS) is 1. The van der Waals surface area contributed by atoms with Gasteiger partial charge in [-0.25, -0.2) is 9.48 Å². The van der Waals surface area contributed by atoms with Gasteiger partial charge in [-0.3, -0.25) is 9.89 Å². The number of azo groups is 1. The van der Waals surface area contributed by atoms with Gasteiger partial charge in [-0.2, -0.15) is 0 Å². The number of aryl methyl sites for hydroxylation is 3. The number of H-pyrrole nitrogens is 1. The average Bonchev–Trinajstić information content (AvgIpc) is 3.13. The Bertz CT molecular complexity index is 1500. The first-order valence-electron chi connectivity index (χ1n) is 11.2. The molecule has 0 atom stereocenters. The summed E-state index contributed by atoms with van der Waals surface area (Å²) in [7, 11) is 0. The van der Waals surface area contributed by atoms with E-state index < -0.39 is 5.97 Å². The van der Waals surface area contributed by atoms with Crippen LogP contribution in [0.25, 0.3) is 16.8 Å². The first-order chi connectivity index (χ1) is 16.8. The summed E-state index contributed by atoms with van der Waals surface area (Å²) in [6, 6.07) is 17.8. The molecule has 0 unspecified atom stereocenters. The van der Waals surface area contributed by atoms with Crippen molar-refractivity contribution in [2.24, 2.45) is 10.2 Å². The van der Waals surface area contributed by atoms with E-state index in [9.17, 15) is 14.7 Å². The molecule has 2 N–H and O–H groups in total. The van der Waals surface area contributed by atoms with Gasteiger partial charge in [-0.1, -0.05) is 30.3 Å². The van der Waals surface area contributed by atoms with Gasteiger partial charge in [-0.15, -0.1) is 10.2 Å². The maximum atomic E-state index is 13.1. The van der Waals surface area contributed by atoms with Crippen molar-refractivity contribution < 1.29 is 14.6 Å². The number of aromatic nitrogens is 2. The lowest BCUT2D eigenvalue weighted by Crippen LogP contribution is -2.14. The summed E-state index contributed by atoms with van der Waals surface area (Å²) >= 11 is 0. The first kappa shape index (κ1) is 23.7. The highest BCUT2D eigenvalue weighted by Crippen LogP contribution is 2.39. The number of para-hydroxylation sites is 1. The number of carbonyl (C=O) groups is 1. The Kier molecular flexibility index (Phi) is 6.64. The number of hydrogen-bond donors (Lipinski definition) is 2. The number of nitrogens with one attached hydrogen (secondary N) is 1. The molecule has 0 spiro atoms. The summed E-state index contributed by atoms with van der Waals surface area (Å²) < 4.78 is 7.33. The molecule has 0 saturated heterocycles. The molecule has 0 aliphatic carbocycles. The number of aromatic amines is 1. The van der Waals surface area contributed by atoms with Crippen LogP contribution in [0, 0.1) is 20.8 Å². The maximum absolute atomic E-state index is 13.1. The normalized spacial score (nSPS) is 11.2. The zero-order chi connectivity index (χ0) is 25.1. The SMILES string of the molecule is CCOc1c(N=Nc2c(C)[nH]n(-c3ccc(C)c(C)c3)c2=O)cccc1-c1cccc(C(=O)O)c1. The third kappa shape index (κ3) is 4.77. The number of carboxylic acids is 1. The van der Waals surface area contributed by atoms with Gasteiger partial charge in [0.25, 0.3) is 5.56 Å². The minimum Gasteiger partial charge on any atom is -0.491 e. The van der Waals surface area contributed by atoms with Crippen LogP contribution in [0.4, 0.5) is 11.4 Å². The fourth-order valence-corrected chi connectivity index (χ4v) is 3.75. The number of ether oxygens (including phenoxy) is 1. The minimum absolute atomic E-state index is 0.173. The molecule has 0 aliphatic heterocycles. The monoisotopic (exact) mass is 470 g/mol. The average molecular weight is 471 g/mol. The predicted molar refractivity (Wildman–Crippen MR) is 135 cm³/mol. The Balaban J connectivity index is 1.76. The van der Waals surface area contributed by atoms with Crippen molar-refractivity contribution in [3.63, 3.8) is 0 Å². The minimum atomic E-state index is -1.01. The van der Waals surface area contributed by atoms with Gasteiger partial charge in [0, 0.05) is 5.56 Å². The van der Waals surface area contributed by atoms with Gasteiger partial charge < -0.3 is 9.84 Å². The van der Waals surface area contributed by atoms with Crippen molar-refractivity contribution in [3.8, 4) is 22.6 Å². The molecule has 178 valence electrons. The fourth-order valence-electron chi connectivity index (χ4n) is 3.75. The Morgan fingerprint density at radius 3 is 2.49 bits per heavy atom. The molecular weight excluding hydrogens is 444 g/mol. The van der Waals surface area contributed by atoms with Crippen molar-refractivity contribution in [2.45, 2.75) is 27.7 Å². The number of nitrogens with zero attached hydrogens (tertiary/aromatic N) is 3. The molecule has 0 amide bonds. The van der Waals surface area contributed by atoms with E-state index in [-0.39, 0.29) is 16.8 Å². The Morgan fingerprint density at radius 2 is 1.77 bits per heavy atom. The molecule has 4 aromatic rings. The second-order valence-electron chi connectivity index (χ2n) is 8.17. The van der Waals surface area contributed by atoms with E-state index in [1.807, 2.05) is 51.1 Å². The molecule has 1 aromatic heterocycles. The smallest absolute Gasteiger partial charge is 0.335 e. The molecule has 3 aromatic carbocycles. The summed E-state index contributed by atoms with van der Waals surface area (Å²) in [5, 5.41) is 21.0. The first-order valence-corrected chi connectivity index (χ1v) is 11.2. The van der Waals surface area contributed by atoms with Crippen LogP contribution in [0.5, 0.6) is 5.75 Å². The van der Waals surface area contributed by atoms with Crippen LogP contribution in [0.15, 0.2) is 75.7 Å². The number of benzene rings is 3. The van der Waals surface area contributed by atoms with Crippen molar-refractivity contribution in [2.75, 3.05) is 6.61 Å². The fraction of sp³-hybridized carbons (Fsp3) is 0.185.